The number of pyridine rings is 1. The molecule has 0 spiro atoms. The molecule has 0 saturated heterocycles. The van der Waals surface area contributed by atoms with Gasteiger partial charge in [0, 0.05) is 28.8 Å². The van der Waals surface area contributed by atoms with Crippen LogP contribution in [0.4, 0.5) is 0 Å². The van der Waals surface area contributed by atoms with Crippen LogP contribution < -0.4 is 5.32 Å². The molecule has 0 bridgehead atoms. The summed E-state index contributed by atoms with van der Waals surface area (Å²) in [5.41, 5.74) is 3.09. The zero-order valence-electron chi connectivity index (χ0n) is 10.1. The second-order valence-corrected chi connectivity index (χ2v) is 4.95. The van der Waals surface area contributed by atoms with E-state index in [0.29, 0.717) is 16.6 Å². The molecule has 0 radical (unpaired) electrons. The van der Waals surface area contributed by atoms with Gasteiger partial charge in [-0.05, 0) is 36.8 Å². The number of nitrogens with zero attached hydrogens (tertiary/aromatic N) is 1. The number of benzene rings is 1. The Kier molecular flexibility index (Phi) is 4.59. The molecule has 0 aliphatic rings. The Labute approximate surface area is 117 Å². The number of aryl methyl sites for hydroxylation is 1. The smallest absolute Gasteiger partial charge is 0.0544 e. The fourth-order valence-electron chi connectivity index (χ4n) is 1.69. The third-order valence-corrected chi connectivity index (χ3v) is 3.17. The van der Waals surface area contributed by atoms with Gasteiger partial charge in [-0.15, -0.1) is 0 Å². The van der Waals surface area contributed by atoms with Crippen molar-refractivity contribution in [1.82, 2.24) is 10.3 Å². The largest absolute Gasteiger partial charge is 0.307 e. The van der Waals surface area contributed by atoms with Crippen LogP contribution in [-0.2, 0) is 13.1 Å². The molecule has 94 valence electrons. The van der Waals surface area contributed by atoms with Gasteiger partial charge >= 0.3 is 0 Å². The van der Waals surface area contributed by atoms with Crippen LogP contribution in [0.3, 0.4) is 0 Å². The third kappa shape index (κ3) is 3.70. The molecule has 1 N–H and O–H groups in total. The van der Waals surface area contributed by atoms with Gasteiger partial charge in [0.1, 0.15) is 0 Å². The average molecular weight is 281 g/mol. The Morgan fingerprint density at radius 3 is 2.67 bits per heavy atom. The van der Waals surface area contributed by atoms with Gasteiger partial charge in [-0.3, -0.25) is 4.98 Å². The van der Waals surface area contributed by atoms with E-state index in [0.717, 1.165) is 23.5 Å². The second kappa shape index (κ2) is 6.19. The first-order valence-corrected chi connectivity index (χ1v) is 6.48. The van der Waals surface area contributed by atoms with Crippen LogP contribution in [0.25, 0.3) is 0 Å². The molecule has 1 heterocycles. The topological polar surface area (TPSA) is 24.9 Å². The molecule has 0 aliphatic carbocycles. The summed E-state index contributed by atoms with van der Waals surface area (Å²) in [5.74, 6) is 0. The van der Waals surface area contributed by atoms with Crippen LogP contribution in [0, 0.1) is 6.92 Å². The highest BCUT2D eigenvalue weighted by molar-refractivity contribution is 6.35. The summed E-state index contributed by atoms with van der Waals surface area (Å²) in [6, 6.07) is 11.5. The minimum atomic E-state index is 0.657. The average Bonchev–Trinajstić information content (AvgIpc) is 2.32. The molecule has 0 saturated carbocycles. The number of nitrogens with one attached hydrogen (secondary N) is 1. The van der Waals surface area contributed by atoms with Gasteiger partial charge in [0.2, 0.25) is 0 Å². The fourth-order valence-corrected chi connectivity index (χ4v) is 2.16. The lowest BCUT2D eigenvalue weighted by molar-refractivity contribution is 0.678. The SMILES string of the molecule is Cc1cccc(CNCc2ccc(Cl)cc2Cl)n1. The number of hydrogen-bond acceptors (Lipinski definition) is 2. The van der Waals surface area contributed by atoms with E-state index in [4.69, 9.17) is 23.2 Å². The number of halogens is 2. The Balaban J connectivity index is 1.92. The first-order chi connectivity index (χ1) is 8.65. The predicted octanol–water partition coefficient (Wildman–Crippen LogP) is 3.99. The standard InChI is InChI=1S/C14H14Cl2N2/c1-10-3-2-4-13(18-10)9-17-8-11-5-6-12(15)7-14(11)16/h2-7,17H,8-9H2,1H3. The van der Waals surface area contributed by atoms with Crippen molar-refractivity contribution in [2.24, 2.45) is 0 Å². The lowest BCUT2D eigenvalue weighted by Crippen LogP contribution is -2.14. The van der Waals surface area contributed by atoms with E-state index in [9.17, 15) is 0 Å². The van der Waals surface area contributed by atoms with Gasteiger partial charge in [-0.1, -0.05) is 35.3 Å². The summed E-state index contributed by atoms with van der Waals surface area (Å²) < 4.78 is 0. The van der Waals surface area contributed by atoms with Crippen molar-refractivity contribution in [2.75, 3.05) is 0 Å². The Morgan fingerprint density at radius 1 is 1.11 bits per heavy atom. The summed E-state index contributed by atoms with van der Waals surface area (Å²) in [6.45, 7) is 3.41. The van der Waals surface area contributed by atoms with Crippen LogP contribution in [0.1, 0.15) is 17.0 Å². The van der Waals surface area contributed by atoms with Crippen molar-refractivity contribution in [3.8, 4) is 0 Å². The van der Waals surface area contributed by atoms with Crippen molar-refractivity contribution < 1.29 is 0 Å². The van der Waals surface area contributed by atoms with E-state index in [2.05, 4.69) is 10.3 Å². The summed E-state index contributed by atoms with van der Waals surface area (Å²) in [7, 11) is 0. The van der Waals surface area contributed by atoms with E-state index in [-0.39, 0.29) is 0 Å². The zero-order chi connectivity index (χ0) is 13.0. The minimum absolute atomic E-state index is 0.657. The van der Waals surface area contributed by atoms with Crippen molar-refractivity contribution in [1.29, 1.82) is 0 Å². The van der Waals surface area contributed by atoms with Crippen LogP contribution in [0.5, 0.6) is 0 Å². The fraction of sp³-hybridized carbons (Fsp3) is 0.214. The normalized spacial score (nSPS) is 10.6. The maximum Gasteiger partial charge on any atom is 0.0544 e. The molecule has 0 unspecified atom stereocenters. The van der Waals surface area contributed by atoms with Gasteiger partial charge in [0.05, 0.1) is 5.69 Å². The van der Waals surface area contributed by atoms with Gasteiger partial charge < -0.3 is 5.32 Å². The molecular weight excluding hydrogens is 267 g/mol. The lowest BCUT2D eigenvalue weighted by atomic mass is 10.2. The van der Waals surface area contributed by atoms with Gasteiger partial charge in [-0.25, -0.2) is 0 Å². The summed E-state index contributed by atoms with van der Waals surface area (Å²) in [4.78, 5) is 4.42. The van der Waals surface area contributed by atoms with Crippen LogP contribution >= 0.6 is 23.2 Å². The van der Waals surface area contributed by atoms with Crippen molar-refractivity contribution in [3.63, 3.8) is 0 Å². The molecule has 0 atom stereocenters. The van der Waals surface area contributed by atoms with Gasteiger partial charge in [0.15, 0.2) is 0 Å². The molecule has 0 amide bonds. The third-order valence-electron chi connectivity index (χ3n) is 2.58. The zero-order valence-corrected chi connectivity index (χ0v) is 11.6. The molecule has 2 nitrogen and oxygen atoms in total. The van der Waals surface area contributed by atoms with Crippen molar-refractivity contribution >= 4 is 23.2 Å². The molecule has 2 rings (SSSR count). The van der Waals surface area contributed by atoms with Crippen molar-refractivity contribution in [2.45, 2.75) is 20.0 Å². The highest BCUT2D eigenvalue weighted by Crippen LogP contribution is 2.20. The first kappa shape index (κ1) is 13.3. The highest BCUT2D eigenvalue weighted by atomic mass is 35.5. The van der Waals surface area contributed by atoms with Crippen molar-refractivity contribution in [3.05, 3.63) is 63.4 Å². The molecule has 0 aliphatic heterocycles. The summed E-state index contributed by atoms with van der Waals surface area (Å²) in [6.07, 6.45) is 0. The quantitative estimate of drug-likeness (QED) is 0.916. The van der Waals surface area contributed by atoms with E-state index in [1.165, 1.54) is 0 Å². The Hall–Kier alpha value is -1.09. The molecule has 2 aromatic rings. The molecule has 4 heteroatoms. The predicted molar refractivity (Wildman–Crippen MR) is 76.0 cm³/mol. The maximum absolute atomic E-state index is 6.10. The van der Waals surface area contributed by atoms with E-state index >= 15 is 0 Å². The molecule has 1 aromatic heterocycles. The van der Waals surface area contributed by atoms with Crippen LogP contribution in [0.15, 0.2) is 36.4 Å². The van der Waals surface area contributed by atoms with Gasteiger partial charge in [-0.2, -0.15) is 0 Å². The molecule has 1 aromatic carbocycles. The molecular formula is C14H14Cl2N2. The van der Waals surface area contributed by atoms with E-state index in [1.807, 2.05) is 37.3 Å². The number of aromatic nitrogens is 1. The maximum atomic E-state index is 6.10. The van der Waals surface area contributed by atoms with E-state index in [1.54, 1.807) is 6.07 Å². The number of rotatable bonds is 4. The molecule has 0 fully saturated rings. The Morgan fingerprint density at radius 2 is 1.94 bits per heavy atom. The second-order valence-electron chi connectivity index (χ2n) is 4.11. The first-order valence-electron chi connectivity index (χ1n) is 5.72. The highest BCUT2D eigenvalue weighted by Gasteiger charge is 2.01. The van der Waals surface area contributed by atoms with E-state index < -0.39 is 0 Å². The van der Waals surface area contributed by atoms with Crippen LogP contribution in [0.2, 0.25) is 10.0 Å². The van der Waals surface area contributed by atoms with Crippen LogP contribution in [-0.4, -0.2) is 4.98 Å². The number of hydrogen-bond donors (Lipinski definition) is 1. The monoisotopic (exact) mass is 280 g/mol. The minimum Gasteiger partial charge on any atom is -0.307 e. The van der Waals surface area contributed by atoms with Gasteiger partial charge in [0.25, 0.3) is 0 Å². The summed E-state index contributed by atoms with van der Waals surface area (Å²) >= 11 is 11.9. The lowest BCUT2D eigenvalue weighted by Gasteiger charge is -2.07. The summed E-state index contributed by atoms with van der Waals surface area (Å²) in [5, 5.41) is 4.66. The molecule has 18 heavy (non-hydrogen) atoms. The Bertz CT molecular complexity index is 541.